The first-order valence-electron chi connectivity index (χ1n) is 3.98. The molecule has 0 atom stereocenters. The number of carboxylic acids is 1. The van der Waals surface area contributed by atoms with E-state index in [9.17, 15) is 4.79 Å². The Labute approximate surface area is 84.7 Å². The zero-order valence-electron chi connectivity index (χ0n) is 7.54. The molecule has 0 amide bonds. The lowest BCUT2D eigenvalue weighted by atomic mass is 10.3. The summed E-state index contributed by atoms with van der Waals surface area (Å²) in [5.74, 6) is 0.0320. The smallest absolute Gasteiger partial charge is 0.309 e. The van der Waals surface area contributed by atoms with Gasteiger partial charge in [-0.2, -0.15) is 0 Å². The van der Waals surface area contributed by atoms with Gasteiger partial charge in [-0.25, -0.2) is 4.98 Å². The second-order valence-corrected chi connectivity index (χ2v) is 3.50. The van der Waals surface area contributed by atoms with Gasteiger partial charge in [0.15, 0.2) is 0 Å². The lowest BCUT2D eigenvalue weighted by molar-refractivity contribution is -0.136. The van der Waals surface area contributed by atoms with Crippen LogP contribution < -0.4 is 0 Å². The SMILES string of the molecule is CCc1nc(CC(=O)O)c(Br)n1C. The summed E-state index contributed by atoms with van der Waals surface area (Å²) < 4.78 is 2.62. The summed E-state index contributed by atoms with van der Waals surface area (Å²) in [7, 11) is 1.86. The van der Waals surface area contributed by atoms with Crippen LogP contribution in [0.3, 0.4) is 0 Å². The highest BCUT2D eigenvalue weighted by molar-refractivity contribution is 9.10. The van der Waals surface area contributed by atoms with Crippen LogP contribution in [-0.4, -0.2) is 20.6 Å². The standard InChI is InChI=1S/C8H11BrN2O2/c1-3-6-10-5(4-7(12)13)8(9)11(6)2/h3-4H2,1-2H3,(H,12,13). The molecule has 0 fully saturated rings. The summed E-state index contributed by atoms with van der Waals surface area (Å²) in [5.41, 5.74) is 0.590. The van der Waals surface area contributed by atoms with Crippen molar-refractivity contribution in [2.75, 3.05) is 0 Å². The van der Waals surface area contributed by atoms with Crippen molar-refractivity contribution in [3.05, 3.63) is 16.1 Å². The molecule has 0 radical (unpaired) electrons. The van der Waals surface area contributed by atoms with Crippen LogP contribution in [0.15, 0.2) is 4.60 Å². The number of rotatable bonds is 3. The van der Waals surface area contributed by atoms with Crippen molar-refractivity contribution in [3.63, 3.8) is 0 Å². The minimum atomic E-state index is -0.860. The average molecular weight is 247 g/mol. The quantitative estimate of drug-likeness (QED) is 0.877. The Bertz CT molecular complexity index is 333. The Hall–Kier alpha value is -0.840. The molecule has 0 bridgehead atoms. The highest BCUT2D eigenvalue weighted by atomic mass is 79.9. The van der Waals surface area contributed by atoms with Crippen molar-refractivity contribution < 1.29 is 9.90 Å². The maximum atomic E-state index is 10.5. The van der Waals surface area contributed by atoms with Crippen molar-refractivity contribution in [2.24, 2.45) is 7.05 Å². The van der Waals surface area contributed by atoms with Gasteiger partial charge in [0.2, 0.25) is 0 Å². The van der Waals surface area contributed by atoms with Crippen LogP contribution in [0, 0.1) is 0 Å². The van der Waals surface area contributed by atoms with Gasteiger partial charge >= 0.3 is 5.97 Å². The van der Waals surface area contributed by atoms with Gasteiger partial charge in [-0.1, -0.05) is 6.92 Å². The molecule has 72 valence electrons. The molecule has 1 rings (SSSR count). The first-order chi connectivity index (χ1) is 6.06. The van der Waals surface area contributed by atoms with E-state index in [4.69, 9.17) is 5.11 Å². The van der Waals surface area contributed by atoms with Crippen molar-refractivity contribution in [2.45, 2.75) is 19.8 Å². The summed E-state index contributed by atoms with van der Waals surface area (Å²) in [4.78, 5) is 14.7. The van der Waals surface area contributed by atoms with Crippen molar-refractivity contribution in [3.8, 4) is 0 Å². The number of imidazole rings is 1. The first-order valence-corrected chi connectivity index (χ1v) is 4.77. The third-order valence-corrected chi connectivity index (χ3v) is 2.81. The van der Waals surface area contributed by atoms with Crippen LogP contribution in [0.2, 0.25) is 0 Å². The normalized spacial score (nSPS) is 10.4. The predicted molar refractivity (Wildman–Crippen MR) is 51.6 cm³/mol. The second-order valence-electron chi connectivity index (χ2n) is 2.75. The van der Waals surface area contributed by atoms with Crippen LogP contribution in [0.4, 0.5) is 0 Å². The number of carbonyl (C=O) groups is 1. The third kappa shape index (κ3) is 2.09. The van der Waals surface area contributed by atoms with Gasteiger partial charge < -0.3 is 9.67 Å². The van der Waals surface area contributed by atoms with E-state index in [0.717, 1.165) is 16.8 Å². The van der Waals surface area contributed by atoms with Crippen LogP contribution in [-0.2, 0) is 24.7 Å². The van der Waals surface area contributed by atoms with E-state index >= 15 is 0 Å². The molecule has 0 saturated heterocycles. The van der Waals surface area contributed by atoms with Gasteiger partial charge in [0.25, 0.3) is 0 Å². The third-order valence-electron chi connectivity index (χ3n) is 1.82. The predicted octanol–water partition coefficient (Wildman–Crippen LogP) is 1.37. The molecule has 1 heterocycles. The lowest BCUT2D eigenvalue weighted by Crippen LogP contribution is -2.01. The summed E-state index contributed by atoms with van der Waals surface area (Å²) in [6, 6.07) is 0. The van der Waals surface area contributed by atoms with Gasteiger partial charge in [0.1, 0.15) is 10.4 Å². The van der Waals surface area contributed by atoms with Crippen LogP contribution >= 0.6 is 15.9 Å². The first kappa shape index (κ1) is 10.2. The number of hydrogen-bond donors (Lipinski definition) is 1. The minimum absolute atomic E-state index is 0.0333. The Morgan fingerprint density at radius 3 is 2.69 bits per heavy atom. The molecule has 4 nitrogen and oxygen atoms in total. The Kier molecular flexibility index (Phi) is 3.08. The number of aromatic nitrogens is 2. The van der Waals surface area contributed by atoms with E-state index in [0.29, 0.717) is 5.69 Å². The highest BCUT2D eigenvalue weighted by Crippen LogP contribution is 2.18. The molecule has 0 aromatic carbocycles. The Balaban J connectivity index is 3.02. The maximum absolute atomic E-state index is 10.5. The Morgan fingerprint density at radius 1 is 1.69 bits per heavy atom. The van der Waals surface area contributed by atoms with Gasteiger partial charge in [0, 0.05) is 13.5 Å². The van der Waals surface area contributed by atoms with Gasteiger partial charge in [-0.05, 0) is 15.9 Å². The molecule has 13 heavy (non-hydrogen) atoms. The fourth-order valence-corrected chi connectivity index (χ4v) is 1.59. The fourth-order valence-electron chi connectivity index (χ4n) is 1.16. The summed E-state index contributed by atoms with van der Waals surface area (Å²) in [5, 5.41) is 8.59. The number of aliphatic carboxylic acids is 1. The van der Waals surface area contributed by atoms with Crippen LogP contribution in [0.1, 0.15) is 18.4 Å². The molecular weight excluding hydrogens is 236 g/mol. The van der Waals surface area contributed by atoms with E-state index in [-0.39, 0.29) is 6.42 Å². The van der Waals surface area contributed by atoms with E-state index in [1.807, 2.05) is 18.5 Å². The minimum Gasteiger partial charge on any atom is -0.481 e. The van der Waals surface area contributed by atoms with Crippen LogP contribution in [0.25, 0.3) is 0 Å². The highest BCUT2D eigenvalue weighted by Gasteiger charge is 2.13. The Morgan fingerprint density at radius 2 is 2.31 bits per heavy atom. The largest absolute Gasteiger partial charge is 0.481 e. The number of halogens is 1. The lowest BCUT2D eigenvalue weighted by Gasteiger charge is -1.97. The molecule has 0 spiro atoms. The molecule has 0 unspecified atom stereocenters. The zero-order valence-corrected chi connectivity index (χ0v) is 9.13. The molecule has 5 heteroatoms. The van der Waals surface area contributed by atoms with Gasteiger partial charge in [0.05, 0.1) is 12.1 Å². The second kappa shape index (κ2) is 3.91. The maximum Gasteiger partial charge on any atom is 0.309 e. The number of nitrogens with zero attached hydrogens (tertiary/aromatic N) is 2. The molecule has 1 aromatic rings. The van der Waals surface area contributed by atoms with Crippen LogP contribution in [0.5, 0.6) is 0 Å². The molecule has 1 aromatic heterocycles. The number of carboxylic acid groups (broad SMARTS) is 1. The zero-order chi connectivity index (χ0) is 10.0. The molecular formula is C8H11BrN2O2. The molecule has 0 aliphatic rings. The topological polar surface area (TPSA) is 55.1 Å². The van der Waals surface area contributed by atoms with E-state index < -0.39 is 5.97 Å². The number of hydrogen-bond acceptors (Lipinski definition) is 2. The molecule has 0 saturated carbocycles. The van der Waals surface area contributed by atoms with E-state index in [1.165, 1.54) is 0 Å². The van der Waals surface area contributed by atoms with Crippen molar-refractivity contribution >= 4 is 21.9 Å². The van der Waals surface area contributed by atoms with E-state index in [2.05, 4.69) is 20.9 Å². The van der Waals surface area contributed by atoms with Gasteiger partial charge in [-0.3, -0.25) is 4.79 Å². The molecule has 0 aliphatic carbocycles. The van der Waals surface area contributed by atoms with Crippen molar-refractivity contribution in [1.82, 2.24) is 9.55 Å². The number of aryl methyl sites for hydroxylation is 1. The molecule has 1 N–H and O–H groups in total. The van der Waals surface area contributed by atoms with Crippen molar-refractivity contribution in [1.29, 1.82) is 0 Å². The summed E-state index contributed by atoms with van der Waals surface area (Å²) in [6.45, 7) is 1.99. The van der Waals surface area contributed by atoms with Gasteiger partial charge in [-0.15, -0.1) is 0 Å². The fraction of sp³-hybridized carbons (Fsp3) is 0.500. The molecule has 0 aliphatic heterocycles. The van der Waals surface area contributed by atoms with E-state index in [1.54, 1.807) is 0 Å². The summed E-state index contributed by atoms with van der Waals surface area (Å²) in [6.07, 6.45) is 0.767. The monoisotopic (exact) mass is 246 g/mol. The average Bonchev–Trinajstić information content (AvgIpc) is 2.32. The summed E-state index contributed by atoms with van der Waals surface area (Å²) >= 11 is 3.31.